The SMILES string of the molecule is Cc1cc(CNC(=O)Nc2ccc(CC(=O)O)cc2)no1. The first kappa shape index (κ1) is 14.6. The lowest BCUT2D eigenvalue weighted by molar-refractivity contribution is -0.136. The van der Waals surface area contributed by atoms with E-state index in [-0.39, 0.29) is 19.0 Å². The van der Waals surface area contributed by atoms with Gasteiger partial charge in [-0.05, 0) is 24.6 Å². The van der Waals surface area contributed by atoms with Gasteiger partial charge in [-0.25, -0.2) is 4.79 Å². The van der Waals surface area contributed by atoms with Gasteiger partial charge in [-0.1, -0.05) is 17.3 Å². The molecule has 0 spiro atoms. The van der Waals surface area contributed by atoms with Crippen LogP contribution in [0.5, 0.6) is 0 Å². The van der Waals surface area contributed by atoms with Gasteiger partial charge in [-0.15, -0.1) is 0 Å². The average molecular weight is 289 g/mol. The van der Waals surface area contributed by atoms with E-state index in [4.69, 9.17) is 9.63 Å². The van der Waals surface area contributed by atoms with E-state index < -0.39 is 5.97 Å². The van der Waals surface area contributed by atoms with E-state index in [2.05, 4.69) is 15.8 Å². The van der Waals surface area contributed by atoms with E-state index in [0.717, 1.165) is 0 Å². The molecule has 0 aliphatic heterocycles. The lowest BCUT2D eigenvalue weighted by Gasteiger charge is -2.06. The number of carboxylic acid groups (broad SMARTS) is 1. The van der Waals surface area contributed by atoms with Crippen molar-refractivity contribution in [3.8, 4) is 0 Å². The summed E-state index contributed by atoms with van der Waals surface area (Å²) < 4.78 is 4.89. The zero-order valence-corrected chi connectivity index (χ0v) is 11.4. The van der Waals surface area contributed by atoms with Gasteiger partial charge < -0.3 is 20.3 Å². The van der Waals surface area contributed by atoms with Crippen LogP contribution in [0.2, 0.25) is 0 Å². The standard InChI is InChI=1S/C14H15N3O4/c1-9-6-12(17-21-9)8-15-14(20)16-11-4-2-10(3-5-11)7-13(18)19/h2-6H,7-8H2,1H3,(H,18,19)(H2,15,16,20). The Labute approximate surface area is 120 Å². The number of anilines is 1. The number of aromatic nitrogens is 1. The summed E-state index contributed by atoms with van der Waals surface area (Å²) in [6, 6.07) is 7.98. The van der Waals surface area contributed by atoms with Crippen LogP contribution in [-0.4, -0.2) is 22.3 Å². The van der Waals surface area contributed by atoms with Crippen LogP contribution in [0.1, 0.15) is 17.0 Å². The first-order chi connectivity index (χ1) is 10.0. The molecule has 2 amide bonds. The number of aryl methyl sites for hydroxylation is 1. The number of nitrogens with zero attached hydrogens (tertiary/aromatic N) is 1. The van der Waals surface area contributed by atoms with Crippen molar-refractivity contribution in [2.24, 2.45) is 0 Å². The number of carboxylic acids is 1. The van der Waals surface area contributed by atoms with Gasteiger partial charge in [0.15, 0.2) is 0 Å². The maximum absolute atomic E-state index is 11.7. The van der Waals surface area contributed by atoms with Gasteiger partial charge in [0.05, 0.1) is 13.0 Å². The number of carbonyl (C=O) groups is 2. The highest BCUT2D eigenvalue weighted by atomic mass is 16.5. The largest absolute Gasteiger partial charge is 0.481 e. The van der Waals surface area contributed by atoms with Gasteiger partial charge in [0.25, 0.3) is 0 Å². The molecule has 0 saturated heterocycles. The molecule has 0 bridgehead atoms. The fourth-order valence-corrected chi connectivity index (χ4v) is 1.73. The Hall–Kier alpha value is -2.83. The maximum atomic E-state index is 11.7. The van der Waals surface area contributed by atoms with E-state index in [9.17, 15) is 9.59 Å². The molecule has 0 fully saturated rings. The minimum atomic E-state index is -0.892. The summed E-state index contributed by atoms with van der Waals surface area (Å²) in [6.07, 6.45) is -0.0437. The van der Waals surface area contributed by atoms with Crippen LogP contribution in [0.15, 0.2) is 34.9 Å². The smallest absolute Gasteiger partial charge is 0.319 e. The highest BCUT2D eigenvalue weighted by molar-refractivity contribution is 5.89. The Bertz CT molecular complexity index is 634. The number of rotatable bonds is 5. The molecule has 0 unspecified atom stereocenters. The van der Waals surface area contributed by atoms with Crippen molar-refractivity contribution < 1.29 is 19.2 Å². The number of urea groups is 1. The molecule has 0 radical (unpaired) electrons. The molecule has 7 nitrogen and oxygen atoms in total. The minimum Gasteiger partial charge on any atom is -0.481 e. The Morgan fingerprint density at radius 1 is 1.29 bits per heavy atom. The van der Waals surface area contributed by atoms with E-state index >= 15 is 0 Å². The van der Waals surface area contributed by atoms with Crippen LogP contribution in [0, 0.1) is 6.92 Å². The van der Waals surface area contributed by atoms with Crippen molar-refractivity contribution in [3.05, 3.63) is 47.3 Å². The van der Waals surface area contributed by atoms with Gasteiger partial charge in [-0.3, -0.25) is 4.79 Å². The quantitative estimate of drug-likeness (QED) is 0.780. The Morgan fingerprint density at radius 3 is 2.57 bits per heavy atom. The Balaban J connectivity index is 1.83. The topological polar surface area (TPSA) is 104 Å². The second kappa shape index (κ2) is 6.56. The summed E-state index contributed by atoms with van der Waals surface area (Å²) >= 11 is 0. The van der Waals surface area contributed by atoms with Crippen LogP contribution >= 0.6 is 0 Å². The van der Waals surface area contributed by atoms with Crippen LogP contribution in [0.4, 0.5) is 10.5 Å². The van der Waals surface area contributed by atoms with E-state index in [1.807, 2.05) is 0 Å². The van der Waals surface area contributed by atoms with Crippen LogP contribution in [0.3, 0.4) is 0 Å². The van der Waals surface area contributed by atoms with Gasteiger partial charge in [-0.2, -0.15) is 0 Å². The molecule has 1 aromatic carbocycles. The summed E-state index contributed by atoms with van der Waals surface area (Å²) in [4.78, 5) is 22.2. The molecule has 1 aromatic heterocycles. The van der Waals surface area contributed by atoms with Gasteiger partial charge in [0, 0.05) is 11.8 Å². The predicted octanol–water partition coefficient (Wildman–Crippen LogP) is 1.93. The fourth-order valence-electron chi connectivity index (χ4n) is 1.73. The monoisotopic (exact) mass is 289 g/mol. The second-order valence-electron chi connectivity index (χ2n) is 4.50. The zero-order valence-electron chi connectivity index (χ0n) is 11.4. The van der Waals surface area contributed by atoms with Crippen molar-refractivity contribution in [2.45, 2.75) is 19.9 Å². The lowest BCUT2D eigenvalue weighted by atomic mass is 10.1. The van der Waals surface area contributed by atoms with Crippen molar-refractivity contribution in [1.82, 2.24) is 10.5 Å². The molecule has 2 rings (SSSR count). The molecule has 0 aliphatic rings. The van der Waals surface area contributed by atoms with E-state index in [0.29, 0.717) is 22.7 Å². The zero-order chi connectivity index (χ0) is 15.2. The maximum Gasteiger partial charge on any atom is 0.319 e. The normalized spacial score (nSPS) is 10.1. The summed E-state index contributed by atoms with van der Waals surface area (Å²) in [5, 5.41) is 17.7. The minimum absolute atomic E-state index is 0.0437. The van der Waals surface area contributed by atoms with E-state index in [1.54, 1.807) is 37.3 Å². The molecule has 0 aliphatic carbocycles. The number of amides is 2. The molecule has 3 N–H and O–H groups in total. The summed E-state index contributed by atoms with van der Waals surface area (Å²) in [6.45, 7) is 2.04. The third-order valence-corrected chi connectivity index (χ3v) is 2.67. The number of hydrogen-bond acceptors (Lipinski definition) is 4. The number of carbonyl (C=O) groups excluding carboxylic acids is 1. The third kappa shape index (κ3) is 4.64. The Morgan fingerprint density at radius 2 is 2.00 bits per heavy atom. The molecular formula is C14H15N3O4. The van der Waals surface area contributed by atoms with Crippen molar-refractivity contribution in [3.63, 3.8) is 0 Å². The van der Waals surface area contributed by atoms with E-state index in [1.165, 1.54) is 0 Å². The molecule has 21 heavy (non-hydrogen) atoms. The van der Waals surface area contributed by atoms with Crippen molar-refractivity contribution in [1.29, 1.82) is 0 Å². The van der Waals surface area contributed by atoms with Crippen molar-refractivity contribution in [2.75, 3.05) is 5.32 Å². The van der Waals surface area contributed by atoms with Crippen LogP contribution < -0.4 is 10.6 Å². The molecule has 1 heterocycles. The Kier molecular flexibility index (Phi) is 4.55. The second-order valence-corrected chi connectivity index (χ2v) is 4.50. The molecule has 0 atom stereocenters. The summed E-state index contributed by atoms with van der Waals surface area (Å²) in [5.41, 5.74) is 1.89. The number of nitrogens with one attached hydrogen (secondary N) is 2. The van der Waals surface area contributed by atoms with Gasteiger partial charge in [0.1, 0.15) is 11.5 Å². The van der Waals surface area contributed by atoms with Gasteiger partial charge in [0.2, 0.25) is 0 Å². The molecule has 0 saturated carbocycles. The van der Waals surface area contributed by atoms with Crippen LogP contribution in [0.25, 0.3) is 0 Å². The fraction of sp³-hybridized carbons (Fsp3) is 0.214. The van der Waals surface area contributed by atoms with Crippen LogP contribution in [-0.2, 0) is 17.8 Å². The predicted molar refractivity (Wildman–Crippen MR) is 74.9 cm³/mol. The number of aliphatic carboxylic acids is 1. The first-order valence-corrected chi connectivity index (χ1v) is 6.31. The van der Waals surface area contributed by atoms with Gasteiger partial charge >= 0.3 is 12.0 Å². The lowest BCUT2D eigenvalue weighted by Crippen LogP contribution is -2.28. The highest BCUT2D eigenvalue weighted by Gasteiger charge is 2.05. The molecular weight excluding hydrogens is 274 g/mol. The van der Waals surface area contributed by atoms with Crippen molar-refractivity contribution >= 4 is 17.7 Å². The molecule has 110 valence electrons. The highest BCUT2D eigenvalue weighted by Crippen LogP contribution is 2.10. The average Bonchev–Trinajstić information content (AvgIpc) is 2.84. The first-order valence-electron chi connectivity index (χ1n) is 6.31. The summed E-state index contributed by atoms with van der Waals surface area (Å²) in [7, 11) is 0. The summed E-state index contributed by atoms with van der Waals surface area (Å²) in [5.74, 6) is -0.211. The number of hydrogen-bond donors (Lipinski definition) is 3. The molecule has 7 heteroatoms. The molecule has 2 aromatic rings. The third-order valence-electron chi connectivity index (χ3n) is 2.67. The number of benzene rings is 1.